The first-order valence-electron chi connectivity index (χ1n) is 9.64. The van der Waals surface area contributed by atoms with Crippen molar-refractivity contribution in [3.8, 4) is 11.4 Å². The largest absolute Gasteiger partial charge is 0.494 e. The number of ether oxygens (including phenoxy) is 2. The molecule has 160 valence electrons. The topological polar surface area (TPSA) is 84.1 Å². The summed E-state index contributed by atoms with van der Waals surface area (Å²) >= 11 is 1.31. The monoisotopic (exact) mass is 429 g/mol. The number of aromatic nitrogens is 5. The molecule has 3 rings (SSSR count). The van der Waals surface area contributed by atoms with Crippen molar-refractivity contribution in [1.29, 1.82) is 0 Å². The fourth-order valence-corrected chi connectivity index (χ4v) is 4.41. The van der Waals surface area contributed by atoms with Gasteiger partial charge in [-0.25, -0.2) is 0 Å². The number of carbonyl (C=O) groups excluding carboxylic acids is 1. The van der Waals surface area contributed by atoms with Crippen LogP contribution in [0.5, 0.6) is 5.75 Å². The van der Waals surface area contributed by atoms with Crippen LogP contribution in [-0.2, 0) is 4.74 Å². The highest BCUT2D eigenvalue weighted by molar-refractivity contribution is 7.99. The molecule has 0 aliphatic heterocycles. The van der Waals surface area contributed by atoms with Gasteiger partial charge in [0.25, 0.3) is 0 Å². The molecule has 0 aliphatic rings. The van der Waals surface area contributed by atoms with E-state index in [1.807, 2.05) is 45.0 Å². The molecule has 9 heteroatoms. The first-order chi connectivity index (χ1) is 14.4. The number of rotatable bonds is 9. The average molecular weight is 430 g/mol. The molecule has 2 heterocycles. The lowest BCUT2D eigenvalue weighted by molar-refractivity contribution is 0.102. The number of thioether (sulfide) groups is 1. The molecule has 2 aromatic heterocycles. The van der Waals surface area contributed by atoms with Crippen LogP contribution in [0.25, 0.3) is 5.69 Å². The highest BCUT2D eigenvalue weighted by Gasteiger charge is 2.21. The summed E-state index contributed by atoms with van der Waals surface area (Å²) in [6.45, 7) is 8.64. The molecule has 1 aromatic carbocycles. The van der Waals surface area contributed by atoms with Gasteiger partial charge in [-0.15, -0.1) is 5.10 Å². The second-order valence-corrected chi connectivity index (χ2v) is 8.16. The number of tetrazole rings is 1. The van der Waals surface area contributed by atoms with E-state index in [0.717, 1.165) is 28.2 Å². The number of methoxy groups -OCH3 is 2. The summed E-state index contributed by atoms with van der Waals surface area (Å²) in [5.74, 6) is 0.934. The third-order valence-corrected chi connectivity index (χ3v) is 5.89. The number of hydrogen-bond donors (Lipinski definition) is 0. The van der Waals surface area contributed by atoms with Crippen LogP contribution in [0.2, 0.25) is 0 Å². The number of Topliss-reactive ketones (excluding diaryl/α,β-unsaturated/α-hetero) is 1. The van der Waals surface area contributed by atoms with Gasteiger partial charge < -0.3 is 14.0 Å². The van der Waals surface area contributed by atoms with E-state index in [2.05, 4.69) is 27.0 Å². The summed E-state index contributed by atoms with van der Waals surface area (Å²) in [4.78, 5) is 13.0. The Kier molecular flexibility index (Phi) is 6.94. The minimum atomic E-state index is 0.0368. The second kappa shape index (κ2) is 9.44. The summed E-state index contributed by atoms with van der Waals surface area (Å²) in [7, 11) is 3.29. The number of nitrogens with zero attached hydrogens (tertiary/aromatic N) is 5. The van der Waals surface area contributed by atoms with Crippen molar-refractivity contribution in [2.24, 2.45) is 0 Å². The fourth-order valence-electron chi connectivity index (χ4n) is 3.65. The first-order valence-corrected chi connectivity index (χ1v) is 10.6. The molecule has 0 aliphatic carbocycles. The Morgan fingerprint density at radius 1 is 1.20 bits per heavy atom. The van der Waals surface area contributed by atoms with Gasteiger partial charge in [-0.05, 0) is 61.9 Å². The Labute approximate surface area is 180 Å². The molecule has 0 unspecified atom stereocenters. The molecule has 0 amide bonds. The minimum absolute atomic E-state index is 0.0368. The van der Waals surface area contributed by atoms with Crippen molar-refractivity contribution < 1.29 is 14.3 Å². The number of benzene rings is 1. The maximum Gasteiger partial charge on any atom is 0.214 e. The number of hydrogen-bond acceptors (Lipinski definition) is 7. The molecular weight excluding hydrogens is 402 g/mol. The van der Waals surface area contributed by atoms with Gasteiger partial charge in [0.1, 0.15) is 11.4 Å². The van der Waals surface area contributed by atoms with Gasteiger partial charge in [0.05, 0.1) is 25.5 Å². The lowest BCUT2D eigenvalue weighted by Crippen LogP contribution is -2.15. The zero-order valence-electron chi connectivity index (χ0n) is 18.2. The van der Waals surface area contributed by atoms with Crippen molar-refractivity contribution in [3.63, 3.8) is 0 Å². The van der Waals surface area contributed by atoms with Crippen LogP contribution in [-0.4, -0.2) is 57.1 Å². The van der Waals surface area contributed by atoms with Gasteiger partial charge in [-0.3, -0.25) is 4.79 Å². The molecule has 1 atom stereocenters. The Balaban J connectivity index is 1.80. The van der Waals surface area contributed by atoms with Crippen LogP contribution >= 0.6 is 11.8 Å². The molecule has 0 saturated heterocycles. The zero-order valence-corrected chi connectivity index (χ0v) is 19.0. The molecule has 30 heavy (non-hydrogen) atoms. The van der Waals surface area contributed by atoms with Crippen LogP contribution in [0.15, 0.2) is 29.4 Å². The maximum atomic E-state index is 13.0. The molecule has 0 N–H and O–H groups in total. The van der Waals surface area contributed by atoms with Crippen LogP contribution in [0.3, 0.4) is 0 Å². The predicted molar refractivity (Wildman–Crippen MR) is 116 cm³/mol. The Morgan fingerprint density at radius 2 is 1.97 bits per heavy atom. The Bertz CT molecular complexity index is 1040. The third-order valence-electron chi connectivity index (χ3n) is 4.97. The van der Waals surface area contributed by atoms with Crippen molar-refractivity contribution >= 4 is 17.5 Å². The standard InChI is InChI=1S/C21H27N5O3S/c1-13-7-8-20(29-6)18(9-13)26-21(22-23-24-26)30-12-19(27)17-10-14(2)25(16(17)4)15(3)11-28-5/h7-10,15H,11-12H2,1-6H3/t15-/m1/s1. The second-order valence-electron chi connectivity index (χ2n) is 7.22. The van der Waals surface area contributed by atoms with Gasteiger partial charge in [0.15, 0.2) is 5.78 Å². The van der Waals surface area contributed by atoms with Gasteiger partial charge in [0, 0.05) is 24.1 Å². The zero-order chi connectivity index (χ0) is 21.8. The maximum absolute atomic E-state index is 13.0. The number of ketones is 1. The lowest BCUT2D eigenvalue weighted by Gasteiger charge is -2.17. The average Bonchev–Trinajstić information content (AvgIpc) is 3.30. The van der Waals surface area contributed by atoms with E-state index in [4.69, 9.17) is 9.47 Å². The van der Waals surface area contributed by atoms with Crippen molar-refractivity contribution in [2.45, 2.75) is 38.9 Å². The molecule has 0 fully saturated rings. The van der Waals surface area contributed by atoms with E-state index >= 15 is 0 Å². The molecule has 0 radical (unpaired) electrons. The van der Waals surface area contributed by atoms with Gasteiger partial charge in [-0.1, -0.05) is 17.8 Å². The van der Waals surface area contributed by atoms with E-state index in [9.17, 15) is 4.79 Å². The summed E-state index contributed by atoms with van der Waals surface area (Å²) < 4.78 is 14.5. The Morgan fingerprint density at radius 3 is 2.67 bits per heavy atom. The van der Waals surface area contributed by atoms with E-state index < -0.39 is 0 Å². The smallest absolute Gasteiger partial charge is 0.214 e. The highest BCUT2D eigenvalue weighted by Crippen LogP contribution is 2.28. The molecule has 0 bridgehead atoms. The van der Waals surface area contributed by atoms with Crippen molar-refractivity contribution in [1.82, 2.24) is 24.8 Å². The van der Waals surface area contributed by atoms with E-state index in [1.54, 1.807) is 18.9 Å². The van der Waals surface area contributed by atoms with Gasteiger partial charge >= 0.3 is 0 Å². The molecule has 8 nitrogen and oxygen atoms in total. The van der Waals surface area contributed by atoms with Crippen molar-refractivity contribution in [3.05, 3.63) is 46.8 Å². The van der Waals surface area contributed by atoms with E-state index in [-0.39, 0.29) is 17.6 Å². The lowest BCUT2D eigenvalue weighted by atomic mass is 10.2. The SMILES string of the molecule is COC[C@@H](C)n1c(C)cc(C(=O)CSc2nnnn2-c2cc(C)ccc2OC)c1C. The quantitative estimate of drug-likeness (QED) is 0.380. The van der Waals surface area contributed by atoms with Crippen LogP contribution in [0, 0.1) is 20.8 Å². The number of carbonyl (C=O) groups is 1. The molecule has 0 spiro atoms. The summed E-state index contributed by atoms with van der Waals surface area (Å²) in [5.41, 5.74) is 4.51. The highest BCUT2D eigenvalue weighted by atomic mass is 32.2. The molecule has 0 saturated carbocycles. The fraction of sp³-hybridized carbons (Fsp3) is 0.429. The third kappa shape index (κ3) is 4.41. The van der Waals surface area contributed by atoms with Crippen LogP contribution in [0.1, 0.15) is 40.3 Å². The first kappa shape index (κ1) is 22.0. The van der Waals surface area contributed by atoms with Crippen molar-refractivity contribution in [2.75, 3.05) is 26.6 Å². The van der Waals surface area contributed by atoms with Gasteiger partial charge in [0.2, 0.25) is 5.16 Å². The predicted octanol–water partition coefficient (Wildman–Crippen LogP) is 3.58. The van der Waals surface area contributed by atoms with Gasteiger partial charge in [-0.2, -0.15) is 4.68 Å². The summed E-state index contributed by atoms with van der Waals surface area (Å²) in [6.07, 6.45) is 0. The van der Waals surface area contributed by atoms with E-state index in [1.165, 1.54) is 11.8 Å². The minimum Gasteiger partial charge on any atom is -0.494 e. The molecular formula is C21H27N5O3S. The van der Waals surface area contributed by atoms with Crippen LogP contribution < -0.4 is 4.74 Å². The van der Waals surface area contributed by atoms with E-state index in [0.29, 0.717) is 17.5 Å². The molecule has 3 aromatic rings. The normalized spacial score (nSPS) is 12.2. The Hall–Kier alpha value is -2.65. The summed E-state index contributed by atoms with van der Waals surface area (Å²) in [5, 5.41) is 12.5. The number of aryl methyl sites for hydroxylation is 2. The summed E-state index contributed by atoms with van der Waals surface area (Å²) in [6, 6.07) is 7.89. The van der Waals surface area contributed by atoms with Crippen LogP contribution in [0.4, 0.5) is 0 Å².